The van der Waals surface area contributed by atoms with Gasteiger partial charge in [0, 0.05) is 18.8 Å². The average molecular weight is 193 g/mol. The Bertz CT molecular complexity index is 303. The summed E-state index contributed by atoms with van der Waals surface area (Å²) < 4.78 is 0. The van der Waals surface area contributed by atoms with E-state index in [0.29, 0.717) is 11.6 Å². The first kappa shape index (κ1) is 9.24. The number of H-pyrrole nitrogens is 1. The molecule has 0 spiro atoms. The summed E-state index contributed by atoms with van der Waals surface area (Å²) in [5, 5.41) is 6.46. The van der Waals surface area contributed by atoms with Crippen LogP contribution in [0.1, 0.15) is 36.5 Å². The molecule has 0 unspecified atom stereocenters. The van der Waals surface area contributed by atoms with Gasteiger partial charge in [0.15, 0.2) is 0 Å². The van der Waals surface area contributed by atoms with Crippen LogP contribution in [0.2, 0.25) is 0 Å². The van der Waals surface area contributed by atoms with Crippen LogP contribution in [-0.2, 0) is 0 Å². The van der Waals surface area contributed by atoms with Crippen molar-refractivity contribution in [3.8, 4) is 0 Å². The van der Waals surface area contributed by atoms with E-state index in [4.69, 9.17) is 0 Å². The molecule has 1 fully saturated rings. The molecule has 14 heavy (non-hydrogen) atoms. The molecule has 0 aliphatic heterocycles. The van der Waals surface area contributed by atoms with E-state index in [0.717, 1.165) is 25.8 Å². The first-order valence-electron chi connectivity index (χ1n) is 5.12. The van der Waals surface area contributed by atoms with Crippen molar-refractivity contribution in [3.63, 3.8) is 0 Å². The molecule has 0 aromatic carbocycles. The number of carbonyl (C=O) groups is 1. The highest BCUT2D eigenvalue weighted by molar-refractivity contribution is 5.94. The summed E-state index contributed by atoms with van der Waals surface area (Å²) in [5.41, 5.74) is 0.672. The van der Waals surface area contributed by atoms with Crippen LogP contribution in [0.25, 0.3) is 0 Å². The van der Waals surface area contributed by atoms with Gasteiger partial charge in [0.2, 0.25) is 0 Å². The van der Waals surface area contributed by atoms with Gasteiger partial charge in [-0.05, 0) is 19.3 Å². The fourth-order valence-electron chi connectivity index (χ4n) is 1.61. The van der Waals surface area contributed by atoms with Crippen molar-refractivity contribution < 1.29 is 4.79 Å². The van der Waals surface area contributed by atoms with Gasteiger partial charge in [0.25, 0.3) is 5.91 Å². The lowest BCUT2D eigenvalue weighted by atomic mass is 10.3. The van der Waals surface area contributed by atoms with Crippen molar-refractivity contribution in [2.45, 2.75) is 32.2 Å². The third-order valence-corrected chi connectivity index (χ3v) is 2.46. The van der Waals surface area contributed by atoms with Crippen molar-refractivity contribution >= 4 is 5.91 Å². The Hall–Kier alpha value is -1.32. The third kappa shape index (κ3) is 1.78. The molecule has 1 saturated carbocycles. The number of hydrogen-bond acceptors (Lipinski definition) is 2. The van der Waals surface area contributed by atoms with Gasteiger partial charge in [-0.2, -0.15) is 5.10 Å². The highest BCUT2D eigenvalue weighted by Gasteiger charge is 2.32. The molecule has 0 radical (unpaired) electrons. The van der Waals surface area contributed by atoms with E-state index in [1.807, 2.05) is 4.90 Å². The second kappa shape index (κ2) is 3.82. The molecular weight excluding hydrogens is 178 g/mol. The van der Waals surface area contributed by atoms with E-state index < -0.39 is 0 Å². The van der Waals surface area contributed by atoms with Crippen LogP contribution in [0.15, 0.2) is 12.4 Å². The molecular formula is C10H15N3O. The molecule has 1 aromatic heterocycles. The van der Waals surface area contributed by atoms with Gasteiger partial charge in [0.1, 0.15) is 0 Å². The number of amides is 1. The molecule has 0 atom stereocenters. The molecule has 1 aliphatic carbocycles. The molecule has 1 aliphatic rings. The van der Waals surface area contributed by atoms with E-state index in [1.165, 1.54) is 0 Å². The summed E-state index contributed by atoms with van der Waals surface area (Å²) in [6.07, 6.45) is 6.58. The van der Waals surface area contributed by atoms with Gasteiger partial charge in [-0.3, -0.25) is 9.89 Å². The van der Waals surface area contributed by atoms with Crippen molar-refractivity contribution in [3.05, 3.63) is 18.0 Å². The summed E-state index contributed by atoms with van der Waals surface area (Å²) >= 11 is 0. The highest BCUT2D eigenvalue weighted by atomic mass is 16.2. The molecule has 1 N–H and O–H groups in total. The lowest BCUT2D eigenvalue weighted by molar-refractivity contribution is 0.0743. The Balaban J connectivity index is 2.07. The minimum atomic E-state index is 0.114. The minimum absolute atomic E-state index is 0.114. The number of aromatic amines is 1. The van der Waals surface area contributed by atoms with Crippen LogP contribution in [0.4, 0.5) is 0 Å². The second-order valence-corrected chi connectivity index (χ2v) is 3.72. The van der Waals surface area contributed by atoms with E-state index >= 15 is 0 Å². The van der Waals surface area contributed by atoms with Crippen LogP contribution >= 0.6 is 0 Å². The molecule has 2 rings (SSSR count). The predicted octanol–water partition coefficient (Wildman–Crippen LogP) is 1.42. The monoisotopic (exact) mass is 193 g/mol. The lowest BCUT2D eigenvalue weighted by Gasteiger charge is -2.20. The summed E-state index contributed by atoms with van der Waals surface area (Å²) in [4.78, 5) is 13.9. The number of rotatable bonds is 4. The summed E-state index contributed by atoms with van der Waals surface area (Å²) in [6, 6.07) is 0.484. The fourth-order valence-corrected chi connectivity index (χ4v) is 1.61. The van der Waals surface area contributed by atoms with Gasteiger partial charge in [-0.1, -0.05) is 6.92 Å². The quantitative estimate of drug-likeness (QED) is 0.786. The Morgan fingerprint density at radius 2 is 2.50 bits per heavy atom. The van der Waals surface area contributed by atoms with E-state index in [-0.39, 0.29) is 5.91 Å². The topological polar surface area (TPSA) is 49.0 Å². The minimum Gasteiger partial charge on any atom is -0.336 e. The van der Waals surface area contributed by atoms with Gasteiger partial charge >= 0.3 is 0 Å². The largest absolute Gasteiger partial charge is 0.336 e. The average Bonchev–Trinajstić information content (AvgIpc) is 2.88. The van der Waals surface area contributed by atoms with Gasteiger partial charge < -0.3 is 4.90 Å². The van der Waals surface area contributed by atoms with Crippen LogP contribution in [0.5, 0.6) is 0 Å². The van der Waals surface area contributed by atoms with Crippen LogP contribution in [0.3, 0.4) is 0 Å². The first-order valence-corrected chi connectivity index (χ1v) is 5.12. The van der Waals surface area contributed by atoms with Crippen LogP contribution in [0, 0.1) is 0 Å². The summed E-state index contributed by atoms with van der Waals surface area (Å²) in [7, 11) is 0. The third-order valence-electron chi connectivity index (χ3n) is 2.46. The van der Waals surface area contributed by atoms with Gasteiger partial charge in [0.05, 0.1) is 11.8 Å². The Labute approximate surface area is 83.3 Å². The maximum atomic E-state index is 11.9. The molecule has 0 bridgehead atoms. The zero-order valence-corrected chi connectivity index (χ0v) is 8.36. The SMILES string of the molecule is CCCN(C(=O)c1cn[nH]c1)C1CC1. The highest BCUT2D eigenvalue weighted by Crippen LogP contribution is 2.28. The number of aromatic nitrogens is 2. The number of nitrogens with one attached hydrogen (secondary N) is 1. The normalized spacial score (nSPS) is 15.5. The number of hydrogen-bond donors (Lipinski definition) is 1. The van der Waals surface area contributed by atoms with Gasteiger partial charge in [-0.15, -0.1) is 0 Å². The fraction of sp³-hybridized carbons (Fsp3) is 0.600. The van der Waals surface area contributed by atoms with Crippen molar-refractivity contribution in [1.29, 1.82) is 0 Å². The maximum Gasteiger partial charge on any atom is 0.257 e. The molecule has 1 heterocycles. The Morgan fingerprint density at radius 1 is 1.71 bits per heavy atom. The zero-order chi connectivity index (χ0) is 9.97. The summed E-state index contributed by atoms with van der Waals surface area (Å²) in [5.74, 6) is 0.114. The molecule has 76 valence electrons. The Kier molecular flexibility index (Phi) is 2.52. The Morgan fingerprint density at radius 3 is 3.00 bits per heavy atom. The van der Waals surface area contributed by atoms with E-state index in [1.54, 1.807) is 12.4 Å². The molecule has 1 aromatic rings. The van der Waals surface area contributed by atoms with Gasteiger partial charge in [-0.25, -0.2) is 0 Å². The second-order valence-electron chi connectivity index (χ2n) is 3.72. The predicted molar refractivity (Wildman–Crippen MR) is 52.9 cm³/mol. The number of carbonyl (C=O) groups excluding carboxylic acids is 1. The maximum absolute atomic E-state index is 11.9. The molecule has 0 saturated heterocycles. The molecule has 4 heteroatoms. The lowest BCUT2D eigenvalue weighted by Crippen LogP contribution is -2.33. The smallest absolute Gasteiger partial charge is 0.257 e. The van der Waals surface area contributed by atoms with Crippen molar-refractivity contribution in [2.75, 3.05) is 6.54 Å². The number of nitrogens with zero attached hydrogens (tertiary/aromatic N) is 2. The van der Waals surface area contributed by atoms with Crippen LogP contribution < -0.4 is 0 Å². The van der Waals surface area contributed by atoms with Crippen molar-refractivity contribution in [2.24, 2.45) is 0 Å². The van der Waals surface area contributed by atoms with Crippen LogP contribution in [-0.4, -0.2) is 33.6 Å². The van der Waals surface area contributed by atoms with Crippen molar-refractivity contribution in [1.82, 2.24) is 15.1 Å². The first-order chi connectivity index (χ1) is 6.83. The zero-order valence-electron chi connectivity index (χ0n) is 8.36. The van der Waals surface area contributed by atoms with E-state index in [9.17, 15) is 4.79 Å². The van der Waals surface area contributed by atoms with E-state index in [2.05, 4.69) is 17.1 Å². The molecule has 1 amide bonds. The standard InChI is InChI=1S/C10H15N3O/c1-2-5-13(9-3-4-9)10(14)8-6-11-12-7-8/h6-7,9H,2-5H2,1H3,(H,11,12). The molecule has 4 nitrogen and oxygen atoms in total. The summed E-state index contributed by atoms with van der Waals surface area (Å²) in [6.45, 7) is 2.95.